The molecule has 0 aromatic heterocycles. The first-order valence-corrected chi connectivity index (χ1v) is 9.99. The van der Waals surface area contributed by atoms with Crippen LogP contribution < -0.4 is 19.1 Å². The molecule has 2 atom stereocenters. The number of hydrogen-bond donors (Lipinski definition) is 1. The minimum atomic E-state index is -3.80. The summed E-state index contributed by atoms with van der Waals surface area (Å²) in [6.45, 7) is 0.319. The topological polar surface area (TPSA) is 84.9 Å². The average molecular weight is 388 g/mol. The van der Waals surface area contributed by atoms with Crippen molar-refractivity contribution >= 4 is 27.3 Å². The lowest BCUT2D eigenvalue weighted by Gasteiger charge is -2.23. The third-order valence-electron chi connectivity index (χ3n) is 5.27. The first-order valence-electron chi connectivity index (χ1n) is 8.55. The van der Waals surface area contributed by atoms with E-state index >= 15 is 0 Å². The van der Waals surface area contributed by atoms with Crippen LogP contribution in [0.4, 0.5) is 11.4 Å². The van der Waals surface area contributed by atoms with Crippen LogP contribution in [0.2, 0.25) is 0 Å². The van der Waals surface area contributed by atoms with Crippen LogP contribution in [0.3, 0.4) is 0 Å². The second-order valence-corrected chi connectivity index (χ2v) is 8.80. The molecule has 2 unspecified atom stereocenters. The average Bonchev–Trinajstić information content (AvgIpc) is 3.38. The van der Waals surface area contributed by atoms with Crippen LogP contribution in [-0.4, -0.2) is 39.8 Å². The summed E-state index contributed by atoms with van der Waals surface area (Å²) in [7, 11) is -0.792. The van der Waals surface area contributed by atoms with Crippen molar-refractivity contribution in [3.63, 3.8) is 0 Å². The quantitative estimate of drug-likeness (QED) is 0.849. The van der Waals surface area contributed by atoms with Crippen LogP contribution >= 0.6 is 0 Å². The Morgan fingerprint density at radius 3 is 2.56 bits per heavy atom. The van der Waals surface area contributed by atoms with E-state index in [1.165, 1.54) is 18.5 Å². The van der Waals surface area contributed by atoms with E-state index in [4.69, 9.17) is 9.47 Å². The fourth-order valence-corrected chi connectivity index (χ4v) is 6.06. The maximum absolute atomic E-state index is 13.2. The lowest BCUT2D eigenvalue weighted by molar-refractivity contribution is -0.116. The van der Waals surface area contributed by atoms with Crippen molar-refractivity contribution in [2.24, 2.45) is 5.92 Å². The third-order valence-corrected chi connectivity index (χ3v) is 7.82. The number of nitrogens with zero attached hydrogens (tertiary/aromatic N) is 1. The highest BCUT2D eigenvalue weighted by atomic mass is 32.2. The van der Waals surface area contributed by atoms with E-state index in [0.717, 1.165) is 0 Å². The minimum Gasteiger partial charge on any atom is -0.497 e. The van der Waals surface area contributed by atoms with Gasteiger partial charge < -0.3 is 14.8 Å². The van der Waals surface area contributed by atoms with Crippen LogP contribution in [0.1, 0.15) is 6.42 Å². The van der Waals surface area contributed by atoms with E-state index in [1.54, 1.807) is 42.5 Å². The van der Waals surface area contributed by atoms with Gasteiger partial charge in [-0.25, -0.2) is 8.42 Å². The lowest BCUT2D eigenvalue weighted by Crippen LogP contribution is -2.42. The van der Waals surface area contributed by atoms with Gasteiger partial charge in [-0.3, -0.25) is 9.10 Å². The predicted octanol–water partition coefficient (Wildman–Crippen LogP) is 2.25. The number of nitrogens with one attached hydrogen (secondary N) is 1. The Morgan fingerprint density at radius 2 is 1.89 bits per heavy atom. The van der Waals surface area contributed by atoms with Crippen molar-refractivity contribution in [1.29, 1.82) is 0 Å². The van der Waals surface area contributed by atoms with Crippen LogP contribution in [0.15, 0.2) is 48.5 Å². The molecule has 4 rings (SSSR count). The van der Waals surface area contributed by atoms with Crippen molar-refractivity contribution in [3.8, 4) is 11.5 Å². The van der Waals surface area contributed by atoms with Crippen LogP contribution in [-0.2, 0) is 14.8 Å². The Bertz CT molecular complexity index is 992. The number of sulfonamides is 1. The van der Waals surface area contributed by atoms with Gasteiger partial charge in [0.25, 0.3) is 0 Å². The lowest BCUT2D eigenvalue weighted by atomic mass is 10.2. The number of carbonyl (C=O) groups is 1. The zero-order chi connectivity index (χ0) is 19.2. The summed E-state index contributed by atoms with van der Waals surface area (Å²) in [6.07, 6.45) is 0.336. The van der Waals surface area contributed by atoms with Crippen molar-refractivity contribution in [1.82, 2.24) is 0 Å². The highest BCUT2D eigenvalue weighted by molar-refractivity contribution is 7.95. The maximum atomic E-state index is 13.2. The Labute approximate surface area is 157 Å². The Kier molecular flexibility index (Phi) is 4.03. The minimum absolute atomic E-state index is 0.216. The van der Waals surface area contributed by atoms with E-state index in [-0.39, 0.29) is 5.92 Å². The summed E-state index contributed by atoms with van der Waals surface area (Å²) in [5.41, 5.74) is 0.996. The zero-order valence-electron chi connectivity index (χ0n) is 15.0. The van der Waals surface area contributed by atoms with E-state index in [1.807, 2.05) is 6.07 Å². The summed E-state index contributed by atoms with van der Waals surface area (Å²) in [5.74, 6) is 0.254. The molecule has 2 aliphatic rings. The summed E-state index contributed by atoms with van der Waals surface area (Å²) >= 11 is 0. The molecule has 1 amide bonds. The Balaban J connectivity index is 1.62. The van der Waals surface area contributed by atoms with Crippen LogP contribution in [0.5, 0.6) is 11.5 Å². The molecule has 1 saturated heterocycles. The normalized spacial score (nSPS) is 24.8. The molecule has 1 N–H and O–H groups in total. The number of methoxy groups -OCH3 is 2. The van der Waals surface area contributed by atoms with Gasteiger partial charge in [-0.2, -0.15) is 0 Å². The van der Waals surface area contributed by atoms with Gasteiger partial charge >= 0.3 is 0 Å². The molecule has 1 aliphatic carbocycles. The molecule has 27 heavy (non-hydrogen) atoms. The number of carbonyl (C=O) groups excluding carboxylic acids is 1. The van der Waals surface area contributed by atoms with Gasteiger partial charge in [0, 0.05) is 18.5 Å². The number of hydrogen-bond acceptors (Lipinski definition) is 5. The fraction of sp³-hybridized carbons (Fsp3) is 0.316. The molecule has 1 heterocycles. The van der Waals surface area contributed by atoms with Crippen molar-refractivity contribution in [2.45, 2.75) is 11.2 Å². The molecular weight excluding hydrogens is 368 g/mol. The summed E-state index contributed by atoms with van der Waals surface area (Å²) in [5, 5.41) is 2.74. The number of ether oxygens (including phenoxy) is 2. The fourth-order valence-electron chi connectivity index (χ4n) is 3.69. The monoisotopic (exact) mass is 388 g/mol. The molecule has 1 saturated carbocycles. The molecule has 2 fully saturated rings. The summed E-state index contributed by atoms with van der Waals surface area (Å²) < 4.78 is 36.7. The number of fused-ring (bicyclic) bond motifs is 1. The van der Waals surface area contributed by atoms with E-state index in [2.05, 4.69) is 5.32 Å². The standard InChI is InChI=1S/C19H20N2O5S/c1-25-15-8-9-16(17(10-15)26-2)20-18(22)19-11-13(19)12-21(27(19,23)24)14-6-4-3-5-7-14/h3-10,13H,11-12H2,1-2H3,(H,20,22). The van der Waals surface area contributed by atoms with Crippen molar-refractivity contribution in [2.75, 3.05) is 30.4 Å². The Morgan fingerprint density at radius 1 is 1.15 bits per heavy atom. The number of para-hydroxylation sites is 1. The van der Waals surface area contributed by atoms with Gasteiger partial charge in [0.15, 0.2) is 4.75 Å². The molecule has 1 aliphatic heterocycles. The highest BCUT2D eigenvalue weighted by Gasteiger charge is 2.75. The first kappa shape index (κ1) is 17.7. The molecule has 0 radical (unpaired) electrons. The van der Waals surface area contributed by atoms with E-state index in [9.17, 15) is 13.2 Å². The second-order valence-electron chi connectivity index (χ2n) is 6.68. The van der Waals surface area contributed by atoms with E-state index < -0.39 is 20.7 Å². The molecule has 2 aromatic rings. The van der Waals surface area contributed by atoms with Gasteiger partial charge in [-0.1, -0.05) is 18.2 Å². The maximum Gasteiger partial charge on any atom is 0.250 e. The van der Waals surface area contributed by atoms with Crippen molar-refractivity contribution in [3.05, 3.63) is 48.5 Å². The summed E-state index contributed by atoms with van der Waals surface area (Å²) in [6, 6.07) is 13.8. The van der Waals surface area contributed by atoms with Gasteiger partial charge in [-0.05, 0) is 30.7 Å². The van der Waals surface area contributed by atoms with Crippen molar-refractivity contribution < 1.29 is 22.7 Å². The molecule has 0 bridgehead atoms. The molecule has 142 valence electrons. The smallest absolute Gasteiger partial charge is 0.250 e. The molecule has 0 spiro atoms. The van der Waals surface area contributed by atoms with Gasteiger partial charge in [0.1, 0.15) is 11.5 Å². The van der Waals surface area contributed by atoms with Crippen LogP contribution in [0, 0.1) is 5.92 Å². The Hall–Kier alpha value is -2.74. The third kappa shape index (κ3) is 2.55. The van der Waals surface area contributed by atoms with Gasteiger partial charge in [0.05, 0.1) is 25.6 Å². The van der Waals surface area contributed by atoms with Gasteiger partial charge in [0.2, 0.25) is 15.9 Å². The number of benzene rings is 2. The zero-order valence-corrected chi connectivity index (χ0v) is 15.8. The summed E-state index contributed by atoms with van der Waals surface area (Å²) in [4.78, 5) is 13.0. The second kappa shape index (κ2) is 6.16. The SMILES string of the molecule is COc1ccc(NC(=O)C23CC2CN(c2ccccc2)S3(=O)=O)c(OC)c1. The molecule has 2 aromatic carbocycles. The number of rotatable bonds is 5. The van der Waals surface area contributed by atoms with Gasteiger partial charge in [-0.15, -0.1) is 0 Å². The largest absolute Gasteiger partial charge is 0.497 e. The first-order chi connectivity index (χ1) is 12.9. The highest BCUT2D eigenvalue weighted by Crippen LogP contribution is 2.58. The predicted molar refractivity (Wildman–Crippen MR) is 102 cm³/mol. The van der Waals surface area contributed by atoms with E-state index in [0.29, 0.717) is 35.8 Å². The molecule has 8 heteroatoms. The number of anilines is 2. The van der Waals surface area contributed by atoms with Crippen LogP contribution in [0.25, 0.3) is 0 Å². The molecule has 7 nitrogen and oxygen atoms in total. The number of amides is 1. The molecular formula is C19H20N2O5S.